The van der Waals surface area contributed by atoms with Gasteiger partial charge in [0.05, 0.1) is 0 Å². The molecule has 1 amide bonds. The quantitative estimate of drug-likeness (QED) is 0.471. The largest absolute Gasteiger partial charge is 0.353 e. The molecule has 1 rings (SSSR count). The molecule has 0 aliphatic heterocycles. The van der Waals surface area contributed by atoms with E-state index in [1.165, 1.54) is 0 Å². The first-order valence-electron chi connectivity index (χ1n) is 4.94. The van der Waals surface area contributed by atoms with Crippen LogP contribution >= 0.6 is 0 Å². The predicted octanol–water partition coefficient (Wildman–Crippen LogP) is 0.821. The molecule has 2 N–H and O–H groups in total. The van der Waals surface area contributed by atoms with Crippen molar-refractivity contribution in [1.82, 2.24) is 10.6 Å². The zero-order valence-corrected chi connectivity index (χ0v) is 8.18. The molecule has 1 saturated carbocycles. The molecule has 3 nitrogen and oxygen atoms in total. The topological polar surface area (TPSA) is 41.1 Å². The van der Waals surface area contributed by atoms with Gasteiger partial charge in [0.2, 0.25) is 5.91 Å². The lowest BCUT2D eigenvalue weighted by Gasteiger charge is -2.02. The molecule has 0 heterocycles. The van der Waals surface area contributed by atoms with Crippen molar-refractivity contribution in [3.63, 3.8) is 0 Å². The molecule has 0 aromatic carbocycles. The van der Waals surface area contributed by atoms with Crippen molar-refractivity contribution in [3.05, 3.63) is 12.2 Å². The van der Waals surface area contributed by atoms with Crippen LogP contribution in [0.1, 0.15) is 26.2 Å². The Morgan fingerprint density at radius 2 is 2.31 bits per heavy atom. The van der Waals surface area contributed by atoms with Crippen LogP contribution in [0.5, 0.6) is 0 Å². The van der Waals surface area contributed by atoms with E-state index in [0.717, 1.165) is 25.9 Å². The van der Waals surface area contributed by atoms with Gasteiger partial charge in [0.25, 0.3) is 0 Å². The Hall–Kier alpha value is -0.830. The highest BCUT2D eigenvalue weighted by Gasteiger charge is 2.22. The van der Waals surface area contributed by atoms with Gasteiger partial charge in [-0.05, 0) is 19.8 Å². The van der Waals surface area contributed by atoms with Gasteiger partial charge in [0.1, 0.15) is 0 Å². The summed E-state index contributed by atoms with van der Waals surface area (Å²) in [6.45, 7) is 3.61. The third-order valence-corrected chi connectivity index (χ3v) is 1.97. The summed E-state index contributed by atoms with van der Waals surface area (Å²) in [7, 11) is 0. The molecular weight excluding hydrogens is 164 g/mol. The van der Waals surface area contributed by atoms with Crippen molar-refractivity contribution in [1.29, 1.82) is 0 Å². The fourth-order valence-corrected chi connectivity index (χ4v) is 1.03. The molecule has 1 aliphatic carbocycles. The van der Waals surface area contributed by atoms with Gasteiger partial charge in [-0.25, -0.2) is 0 Å². The summed E-state index contributed by atoms with van der Waals surface area (Å²) in [5, 5.41) is 6.11. The van der Waals surface area contributed by atoms with Crippen LogP contribution in [0.2, 0.25) is 0 Å². The number of carbonyl (C=O) groups excluding carboxylic acids is 1. The van der Waals surface area contributed by atoms with E-state index in [1.807, 2.05) is 19.1 Å². The number of carbonyl (C=O) groups is 1. The lowest BCUT2D eigenvalue weighted by Crippen LogP contribution is -2.29. The normalized spacial score (nSPS) is 16.4. The van der Waals surface area contributed by atoms with Crippen molar-refractivity contribution >= 4 is 5.91 Å². The number of amides is 1. The van der Waals surface area contributed by atoms with E-state index in [1.54, 1.807) is 0 Å². The fourth-order valence-electron chi connectivity index (χ4n) is 1.03. The van der Waals surface area contributed by atoms with E-state index >= 15 is 0 Å². The van der Waals surface area contributed by atoms with Gasteiger partial charge in [0.15, 0.2) is 0 Å². The van der Waals surface area contributed by atoms with Crippen molar-refractivity contribution in [2.45, 2.75) is 32.2 Å². The Morgan fingerprint density at radius 1 is 1.54 bits per heavy atom. The maximum atomic E-state index is 11.2. The van der Waals surface area contributed by atoms with E-state index in [0.29, 0.717) is 12.5 Å². The molecule has 0 unspecified atom stereocenters. The van der Waals surface area contributed by atoms with Gasteiger partial charge in [-0.2, -0.15) is 0 Å². The Balaban J connectivity index is 1.88. The van der Waals surface area contributed by atoms with Crippen LogP contribution in [0.3, 0.4) is 0 Å². The van der Waals surface area contributed by atoms with Gasteiger partial charge in [-0.3, -0.25) is 4.79 Å². The Labute approximate surface area is 79.6 Å². The monoisotopic (exact) mass is 182 g/mol. The van der Waals surface area contributed by atoms with Crippen LogP contribution in [0.15, 0.2) is 12.2 Å². The highest BCUT2D eigenvalue weighted by Crippen LogP contribution is 2.18. The Morgan fingerprint density at radius 3 is 2.92 bits per heavy atom. The first-order valence-corrected chi connectivity index (χ1v) is 4.94. The minimum Gasteiger partial charge on any atom is -0.353 e. The smallest absolute Gasteiger partial charge is 0.221 e. The molecule has 0 aromatic rings. The summed E-state index contributed by atoms with van der Waals surface area (Å²) in [4.78, 5) is 11.2. The molecule has 0 saturated heterocycles. The second kappa shape index (κ2) is 5.75. The van der Waals surface area contributed by atoms with Gasteiger partial charge in [-0.1, -0.05) is 12.2 Å². The lowest BCUT2D eigenvalue weighted by molar-refractivity contribution is -0.121. The fraction of sp³-hybridized carbons (Fsp3) is 0.700. The van der Waals surface area contributed by atoms with Gasteiger partial charge in [0, 0.05) is 25.6 Å². The summed E-state index contributed by atoms with van der Waals surface area (Å²) in [5.74, 6) is 0.176. The van der Waals surface area contributed by atoms with Gasteiger partial charge < -0.3 is 10.6 Å². The van der Waals surface area contributed by atoms with E-state index in [2.05, 4.69) is 10.6 Å². The minimum atomic E-state index is 0.176. The van der Waals surface area contributed by atoms with Crippen molar-refractivity contribution < 1.29 is 4.79 Å². The first-order chi connectivity index (χ1) is 6.33. The minimum absolute atomic E-state index is 0.176. The molecule has 0 spiro atoms. The third-order valence-electron chi connectivity index (χ3n) is 1.97. The standard InChI is InChI=1S/C10H18N2O/c1-2-3-7-11-8-6-10(13)12-9-4-5-9/h2-3,9,11H,4-8H2,1H3,(H,12,13)/b3-2+. The number of nitrogens with one attached hydrogen (secondary N) is 2. The second-order valence-electron chi connectivity index (χ2n) is 3.36. The van der Waals surface area contributed by atoms with Crippen molar-refractivity contribution in [2.75, 3.05) is 13.1 Å². The molecule has 3 heteroatoms. The highest BCUT2D eigenvalue weighted by atomic mass is 16.1. The van der Waals surface area contributed by atoms with E-state index in [-0.39, 0.29) is 5.91 Å². The molecular formula is C10H18N2O. The van der Waals surface area contributed by atoms with Crippen LogP contribution in [0, 0.1) is 0 Å². The van der Waals surface area contributed by atoms with Crippen LogP contribution < -0.4 is 10.6 Å². The number of hydrogen-bond acceptors (Lipinski definition) is 2. The van der Waals surface area contributed by atoms with Crippen LogP contribution in [-0.2, 0) is 4.79 Å². The summed E-state index contributed by atoms with van der Waals surface area (Å²) >= 11 is 0. The Kier molecular flexibility index (Phi) is 4.54. The second-order valence-corrected chi connectivity index (χ2v) is 3.36. The number of allylic oxidation sites excluding steroid dienone is 1. The average molecular weight is 182 g/mol. The van der Waals surface area contributed by atoms with Crippen molar-refractivity contribution in [2.24, 2.45) is 0 Å². The van der Waals surface area contributed by atoms with E-state index < -0.39 is 0 Å². The summed E-state index contributed by atoms with van der Waals surface area (Å²) in [6.07, 6.45) is 6.96. The first kappa shape index (κ1) is 10.3. The molecule has 0 atom stereocenters. The summed E-state index contributed by atoms with van der Waals surface area (Å²) < 4.78 is 0. The lowest BCUT2D eigenvalue weighted by atomic mass is 10.4. The number of hydrogen-bond donors (Lipinski definition) is 2. The zero-order chi connectivity index (χ0) is 9.52. The highest BCUT2D eigenvalue weighted by molar-refractivity contribution is 5.76. The summed E-state index contributed by atoms with van der Waals surface area (Å²) in [6, 6.07) is 0.489. The number of rotatable bonds is 6. The van der Waals surface area contributed by atoms with E-state index in [9.17, 15) is 4.79 Å². The summed E-state index contributed by atoms with van der Waals surface area (Å²) in [5.41, 5.74) is 0. The van der Waals surface area contributed by atoms with Gasteiger partial charge in [-0.15, -0.1) is 0 Å². The van der Waals surface area contributed by atoms with Crippen molar-refractivity contribution in [3.8, 4) is 0 Å². The van der Waals surface area contributed by atoms with Gasteiger partial charge >= 0.3 is 0 Å². The zero-order valence-electron chi connectivity index (χ0n) is 8.18. The molecule has 0 aromatic heterocycles. The van der Waals surface area contributed by atoms with Crippen LogP contribution in [0.25, 0.3) is 0 Å². The molecule has 74 valence electrons. The maximum Gasteiger partial charge on any atom is 0.221 e. The SMILES string of the molecule is C/C=C/CNCCC(=O)NC1CC1. The maximum absolute atomic E-state index is 11.2. The van der Waals surface area contributed by atoms with E-state index in [4.69, 9.17) is 0 Å². The molecule has 1 fully saturated rings. The molecule has 0 radical (unpaired) electrons. The molecule has 13 heavy (non-hydrogen) atoms. The Bertz CT molecular complexity index is 185. The third kappa shape index (κ3) is 5.42. The molecule has 0 bridgehead atoms. The average Bonchev–Trinajstić information content (AvgIpc) is 2.88. The van der Waals surface area contributed by atoms with Crippen LogP contribution in [-0.4, -0.2) is 25.0 Å². The van der Waals surface area contributed by atoms with Crippen LogP contribution in [0.4, 0.5) is 0 Å². The molecule has 1 aliphatic rings. The predicted molar refractivity (Wildman–Crippen MR) is 53.5 cm³/mol.